The lowest BCUT2D eigenvalue weighted by molar-refractivity contribution is 0.0696. The van der Waals surface area contributed by atoms with E-state index in [9.17, 15) is 15.1 Å². The molecule has 0 amide bonds. The lowest BCUT2D eigenvalue weighted by Gasteiger charge is -2.21. The summed E-state index contributed by atoms with van der Waals surface area (Å²) in [7, 11) is 0. The van der Waals surface area contributed by atoms with Gasteiger partial charge in [-0.15, -0.1) is 0 Å². The number of carbonyl (C=O) groups is 1. The van der Waals surface area contributed by atoms with Crippen molar-refractivity contribution >= 4 is 11.7 Å². The van der Waals surface area contributed by atoms with Gasteiger partial charge in [0.25, 0.3) is 0 Å². The molecule has 0 fully saturated rings. The van der Waals surface area contributed by atoms with Crippen LogP contribution in [0.1, 0.15) is 45.0 Å². The molecule has 1 unspecified atom stereocenters. The maximum Gasteiger partial charge on any atom is 0.335 e. The number of carboxylic acid groups (broad SMARTS) is 1. The molecule has 5 nitrogen and oxygen atoms in total. The summed E-state index contributed by atoms with van der Waals surface area (Å²) >= 11 is 0. The van der Waals surface area contributed by atoms with Crippen LogP contribution in [0.25, 0.3) is 0 Å². The summed E-state index contributed by atoms with van der Waals surface area (Å²) in [5.41, 5.74) is 4.55. The third kappa shape index (κ3) is 4.20. The summed E-state index contributed by atoms with van der Waals surface area (Å²) in [5.74, 6) is -1.12. The van der Waals surface area contributed by atoms with E-state index in [0.717, 1.165) is 22.3 Å². The van der Waals surface area contributed by atoms with E-state index in [1.54, 1.807) is 42.7 Å². The molecule has 1 aromatic heterocycles. The Hall–Kier alpha value is -3.47. The van der Waals surface area contributed by atoms with Gasteiger partial charge < -0.3 is 10.3 Å². The molecule has 27 heavy (non-hydrogen) atoms. The molecule has 2 N–H and O–H groups in total. The summed E-state index contributed by atoms with van der Waals surface area (Å²) in [5, 5.41) is 22.5. The van der Waals surface area contributed by atoms with Crippen LogP contribution < -0.4 is 0 Å². The van der Waals surface area contributed by atoms with E-state index >= 15 is 0 Å². The fourth-order valence-corrected chi connectivity index (χ4v) is 3.23. The second kappa shape index (κ2) is 8.27. The maximum atomic E-state index is 11.4. The SMILES string of the molecule is Cc1ccccc1C(C/C(=N/O)c1ccncc1)c1cccc(C(=O)O)c1. The van der Waals surface area contributed by atoms with Gasteiger partial charge in [-0.2, -0.15) is 0 Å². The first-order valence-corrected chi connectivity index (χ1v) is 8.60. The lowest BCUT2D eigenvalue weighted by Crippen LogP contribution is -2.12. The highest BCUT2D eigenvalue weighted by Gasteiger charge is 2.21. The fourth-order valence-electron chi connectivity index (χ4n) is 3.23. The van der Waals surface area contributed by atoms with Crippen molar-refractivity contribution in [3.8, 4) is 0 Å². The Kier molecular flexibility index (Phi) is 5.61. The van der Waals surface area contributed by atoms with Crippen LogP contribution in [0.4, 0.5) is 0 Å². The van der Waals surface area contributed by atoms with Gasteiger partial charge in [-0.05, 0) is 47.9 Å². The molecule has 0 aliphatic rings. The van der Waals surface area contributed by atoms with E-state index in [1.807, 2.05) is 37.3 Å². The monoisotopic (exact) mass is 360 g/mol. The predicted molar refractivity (Wildman–Crippen MR) is 104 cm³/mol. The Bertz CT molecular complexity index is 968. The zero-order chi connectivity index (χ0) is 19.2. The maximum absolute atomic E-state index is 11.4. The van der Waals surface area contributed by atoms with Crippen LogP contribution in [-0.2, 0) is 0 Å². The Morgan fingerprint density at radius 1 is 1.04 bits per heavy atom. The van der Waals surface area contributed by atoms with E-state index in [1.165, 1.54) is 0 Å². The molecule has 1 heterocycles. The molecule has 0 spiro atoms. The minimum atomic E-state index is -0.967. The number of carboxylic acids is 1. The number of hydrogen-bond acceptors (Lipinski definition) is 4. The molecule has 5 heteroatoms. The summed E-state index contributed by atoms with van der Waals surface area (Å²) in [6.45, 7) is 2.02. The number of aromatic nitrogens is 1. The number of aryl methyl sites for hydroxylation is 1. The van der Waals surface area contributed by atoms with Crippen molar-refractivity contribution in [3.63, 3.8) is 0 Å². The van der Waals surface area contributed by atoms with Crippen molar-refractivity contribution in [2.75, 3.05) is 0 Å². The zero-order valence-corrected chi connectivity index (χ0v) is 14.9. The average Bonchev–Trinajstić information content (AvgIpc) is 2.70. The number of rotatable bonds is 6. The highest BCUT2D eigenvalue weighted by atomic mass is 16.4. The normalized spacial score (nSPS) is 12.6. The molecule has 3 rings (SSSR count). The lowest BCUT2D eigenvalue weighted by atomic mass is 9.83. The van der Waals surface area contributed by atoms with Crippen molar-refractivity contribution in [2.24, 2.45) is 5.16 Å². The third-order valence-electron chi connectivity index (χ3n) is 4.63. The number of aromatic carboxylic acids is 1. The van der Waals surface area contributed by atoms with Gasteiger partial charge in [-0.1, -0.05) is 41.6 Å². The number of oxime groups is 1. The van der Waals surface area contributed by atoms with Gasteiger partial charge in [0.15, 0.2) is 0 Å². The van der Waals surface area contributed by atoms with Crippen molar-refractivity contribution in [1.29, 1.82) is 0 Å². The first-order valence-electron chi connectivity index (χ1n) is 8.60. The summed E-state index contributed by atoms with van der Waals surface area (Å²) < 4.78 is 0. The van der Waals surface area contributed by atoms with Gasteiger partial charge in [-0.3, -0.25) is 4.98 Å². The molecule has 0 aliphatic carbocycles. The molecule has 3 aromatic rings. The number of pyridine rings is 1. The summed E-state index contributed by atoms with van der Waals surface area (Å²) in [6.07, 6.45) is 3.72. The Labute approximate surface area is 157 Å². The quantitative estimate of drug-likeness (QED) is 0.385. The molecular weight excluding hydrogens is 340 g/mol. The van der Waals surface area contributed by atoms with Gasteiger partial charge >= 0.3 is 5.97 Å². The molecular formula is C22H20N2O3. The van der Waals surface area contributed by atoms with Gasteiger partial charge in [0.1, 0.15) is 0 Å². The van der Waals surface area contributed by atoms with Crippen LogP contribution in [0.5, 0.6) is 0 Å². The largest absolute Gasteiger partial charge is 0.478 e. The Morgan fingerprint density at radius 2 is 1.78 bits per heavy atom. The van der Waals surface area contributed by atoms with Crippen LogP contribution in [0.2, 0.25) is 0 Å². The van der Waals surface area contributed by atoms with Crippen LogP contribution in [0.15, 0.2) is 78.2 Å². The van der Waals surface area contributed by atoms with E-state index in [4.69, 9.17) is 0 Å². The molecule has 136 valence electrons. The van der Waals surface area contributed by atoms with Crippen LogP contribution >= 0.6 is 0 Å². The first kappa shape index (κ1) is 18.3. The minimum Gasteiger partial charge on any atom is -0.478 e. The number of benzene rings is 2. The van der Waals surface area contributed by atoms with Crippen LogP contribution in [0.3, 0.4) is 0 Å². The second-order valence-corrected chi connectivity index (χ2v) is 6.33. The fraction of sp³-hybridized carbons (Fsp3) is 0.136. The average molecular weight is 360 g/mol. The predicted octanol–water partition coefficient (Wildman–Crippen LogP) is 4.49. The molecule has 0 saturated heterocycles. The van der Waals surface area contributed by atoms with E-state index < -0.39 is 5.97 Å². The van der Waals surface area contributed by atoms with Crippen molar-refractivity contribution in [3.05, 3.63) is 101 Å². The van der Waals surface area contributed by atoms with Gasteiger partial charge in [-0.25, -0.2) is 4.79 Å². The molecule has 0 saturated carbocycles. The van der Waals surface area contributed by atoms with Crippen molar-refractivity contribution in [1.82, 2.24) is 4.98 Å². The summed E-state index contributed by atoms with van der Waals surface area (Å²) in [4.78, 5) is 15.4. The molecule has 0 bridgehead atoms. The van der Waals surface area contributed by atoms with Crippen molar-refractivity contribution in [2.45, 2.75) is 19.3 Å². The molecule has 0 radical (unpaired) electrons. The van der Waals surface area contributed by atoms with E-state index in [0.29, 0.717) is 12.1 Å². The van der Waals surface area contributed by atoms with Gasteiger partial charge in [0.2, 0.25) is 0 Å². The minimum absolute atomic E-state index is 0.149. The first-order chi connectivity index (χ1) is 13.1. The highest BCUT2D eigenvalue weighted by Crippen LogP contribution is 2.32. The summed E-state index contributed by atoms with van der Waals surface area (Å²) in [6, 6.07) is 18.4. The van der Waals surface area contributed by atoms with Crippen LogP contribution in [0, 0.1) is 6.92 Å². The van der Waals surface area contributed by atoms with Gasteiger partial charge in [0.05, 0.1) is 11.3 Å². The third-order valence-corrected chi connectivity index (χ3v) is 4.63. The number of nitrogens with zero attached hydrogens (tertiary/aromatic N) is 2. The highest BCUT2D eigenvalue weighted by molar-refractivity contribution is 6.00. The van der Waals surface area contributed by atoms with Gasteiger partial charge in [0, 0.05) is 30.3 Å². The van der Waals surface area contributed by atoms with Crippen LogP contribution in [-0.4, -0.2) is 27.0 Å². The zero-order valence-electron chi connectivity index (χ0n) is 14.9. The molecule has 0 aliphatic heterocycles. The number of hydrogen-bond donors (Lipinski definition) is 2. The van der Waals surface area contributed by atoms with Crippen molar-refractivity contribution < 1.29 is 15.1 Å². The topological polar surface area (TPSA) is 82.8 Å². The second-order valence-electron chi connectivity index (χ2n) is 6.33. The Balaban J connectivity index is 2.07. The van der Waals surface area contributed by atoms with E-state index in [2.05, 4.69) is 10.1 Å². The smallest absolute Gasteiger partial charge is 0.335 e. The molecule has 2 aromatic carbocycles. The standard InChI is InChI=1S/C22H20N2O3/c1-15-5-2-3-8-19(15)20(17-6-4-7-18(13-17)22(25)26)14-21(24-27)16-9-11-23-12-10-16/h2-13,20,27H,14H2,1H3,(H,25,26)/b24-21-. The Morgan fingerprint density at radius 3 is 2.44 bits per heavy atom. The molecule has 1 atom stereocenters. The van der Waals surface area contributed by atoms with E-state index in [-0.39, 0.29) is 11.5 Å².